The standard InChI is InChI=1S/C13H16ClN/c1-2-3-9-15-10-8-12(14)11-6-4-5-7-13(11)15/h4-8H,2-3,9-10H2,1H3. The maximum atomic E-state index is 6.18. The first kappa shape index (κ1) is 10.6. The number of unbranched alkanes of at least 4 members (excludes halogenated alkanes) is 1. The molecule has 1 heterocycles. The highest BCUT2D eigenvalue weighted by Crippen LogP contribution is 2.33. The van der Waals surface area contributed by atoms with E-state index in [-0.39, 0.29) is 0 Å². The van der Waals surface area contributed by atoms with Crippen molar-refractivity contribution in [1.82, 2.24) is 0 Å². The van der Waals surface area contributed by atoms with Crippen molar-refractivity contribution in [2.45, 2.75) is 19.8 Å². The minimum absolute atomic E-state index is 0.887. The Morgan fingerprint density at radius 2 is 2.13 bits per heavy atom. The Morgan fingerprint density at radius 3 is 2.93 bits per heavy atom. The molecular weight excluding hydrogens is 206 g/mol. The summed E-state index contributed by atoms with van der Waals surface area (Å²) in [5.74, 6) is 0. The molecule has 0 radical (unpaired) electrons. The summed E-state index contributed by atoms with van der Waals surface area (Å²) < 4.78 is 0. The highest BCUT2D eigenvalue weighted by Gasteiger charge is 2.15. The lowest BCUT2D eigenvalue weighted by Crippen LogP contribution is -2.27. The molecule has 2 heteroatoms. The van der Waals surface area contributed by atoms with Gasteiger partial charge < -0.3 is 4.90 Å². The van der Waals surface area contributed by atoms with Crippen LogP contribution in [0.1, 0.15) is 25.3 Å². The number of anilines is 1. The zero-order chi connectivity index (χ0) is 10.7. The predicted molar refractivity (Wildman–Crippen MR) is 67.4 cm³/mol. The summed E-state index contributed by atoms with van der Waals surface area (Å²) in [7, 11) is 0. The van der Waals surface area contributed by atoms with Gasteiger partial charge in [-0.1, -0.05) is 43.1 Å². The van der Waals surface area contributed by atoms with E-state index in [2.05, 4.69) is 36.1 Å². The molecule has 1 aliphatic heterocycles. The molecule has 0 saturated heterocycles. The van der Waals surface area contributed by atoms with E-state index in [4.69, 9.17) is 11.6 Å². The van der Waals surface area contributed by atoms with Crippen LogP contribution in [0.4, 0.5) is 5.69 Å². The Bertz CT molecular complexity index is 371. The van der Waals surface area contributed by atoms with Gasteiger partial charge in [0, 0.05) is 29.4 Å². The SMILES string of the molecule is CCCCN1CC=C(Cl)c2ccccc21. The topological polar surface area (TPSA) is 3.24 Å². The highest BCUT2D eigenvalue weighted by atomic mass is 35.5. The van der Waals surface area contributed by atoms with Crippen LogP contribution in [-0.4, -0.2) is 13.1 Å². The van der Waals surface area contributed by atoms with Crippen molar-refractivity contribution in [3.63, 3.8) is 0 Å². The third kappa shape index (κ3) is 2.18. The molecule has 0 N–H and O–H groups in total. The second-order valence-electron chi connectivity index (χ2n) is 3.87. The van der Waals surface area contributed by atoms with Gasteiger partial charge in [-0.25, -0.2) is 0 Å². The molecule has 0 bridgehead atoms. The van der Waals surface area contributed by atoms with Crippen LogP contribution in [0.25, 0.3) is 5.03 Å². The highest BCUT2D eigenvalue weighted by molar-refractivity contribution is 6.49. The second kappa shape index (κ2) is 4.71. The molecular formula is C13H16ClN. The van der Waals surface area contributed by atoms with Gasteiger partial charge in [0.2, 0.25) is 0 Å². The Labute approximate surface area is 96.4 Å². The van der Waals surface area contributed by atoms with Crippen molar-refractivity contribution in [1.29, 1.82) is 0 Å². The van der Waals surface area contributed by atoms with Crippen LogP contribution >= 0.6 is 11.6 Å². The summed E-state index contributed by atoms with van der Waals surface area (Å²) in [6, 6.07) is 8.36. The molecule has 0 aromatic heterocycles. The van der Waals surface area contributed by atoms with Gasteiger partial charge in [0.05, 0.1) is 0 Å². The van der Waals surface area contributed by atoms with Crippen LogP contribution in [0.3, 0.4) is 0 Å². The van der Waals surface area contributed by atoms with Crippen LogP contribution in [-0.2, 0) is 0 Å². The molecule has 0 fully saturated rings. The number of para-hydroxylation sites is 1. The fraction of sp³-hybridized carbons (Fsp3) is 0.385. The Balaban J connectivity index is 2.25. The summed E-state index contributed by atoms with van der Waals surface area (Å²) in [5.41, 5.74) is 2.44. The molecule has 0 saturated carbocycles. The molecule has 1 aliphatic rings. The zero-order valence-corrected chi connectivity index (χ0v) is 9.80. The van der Waals surface area contributed by atoms with Gasteiger partial charge in [-0.15, -0.1) is 0 Å². The van der Waals surface area contributed by atoms with Crippen LogP contribution in [0, 0.1) is 0 Å². The molecule has 0 atom stereocenters. The lowest BCUT2D eigenvalue weighted by atomic mass is 10.1. The third-order valence-corrected chi connectivity index (χ3v) is 3.13. The predicted octanol–water partition coefficient (Wildman–Crippen LogP) is 3.89. The Morgan fingerprint density at radius 1 is 1.33 bits per heavy atom. The van der Waals surface area contributed by atoms with Crippen LogP contribution in [0.5, 0.6) is 0 Å². The number of halogens is 1. The summed E-state index contributed by atoms with van der Waals surface area (Å²) >= 11 is 6.18. The van der Waals surface area contributed by atoms with E-state index >= 15 is 0 Å². The molecule has 2 rings (SSSR count). The first-order valence-corrected chi connectivity index (χ1v) is 5.90. The van der Waals surface area contributed by atoms with E-state index in [9.17, 15) is 0 Å². The molecule has 1 aromatic rings. The van der Waals surface area contributed by atoms with Gasteiger partial charge in [-0.2, -0.15) is 0 Å². The second-order valence-corrected chi connectivity index (χ2v) is 4.28. The Hall–Kier alpha value is -0.950. The summed E-state index contributed by atoms with van der Waals surface area (Å²) in [6.07, 6.45) is 4.56. The number of hydrogen-bond donors (Lipinski definition) is 0. The van der Waals surface area contributed by atoms with E-state index in [1.165, 1.54) is 24.1 Å². The summed E-state index contributed by atoms with van der Waals surface area (Å²) in [4.78, 5) is 2.39. The summed E-state index contributed by atoms with van der Waals surface area (Å²) in [6.45, 7) is 4.28. The number of nitrogens with zero attached hydrogens (tertiary/aromatic N) is 1. The molecule has 1 nitrogen and oxygen atoms in total. The zero-order valence-electron chi connectivity index (χ0n) is 9.04. The van der Waals surface area contributed by atoms with Crippen molar-refractivity contribution in [3.8, 4) is 0 Å². The van der Waals surface area contributed by atoms with E-state index in [1.54, 1.807) is 0 Å². The van der Waals surface area contributed by atoms with Crippen molar-refractivity contribution in [3.05, 3.63) is 35.9 Å². The first-order chi connectivity index (χ1) is 7.33. The van der Waals surface area contributed by atoms with E-state index in [1.807, 2.05) is 6.07 Å². The normalized spacial score (nSPS) is 14.8. The number of hydrogen-bond acceptors (Lipinski definition) is 1. The van der Waals surface area contributed by atoms with Gasteiger partial charge in [-0.3, -0.25) is 0 Å². The van der Waals surface area contributed by atoms with E-state index in [0.717, 1.165) is 18.1 Å². The molecule has 80 valence electrons. The maximum Gasteiger partial charge on any atom is 0.0476 e. The largest absolute Gasteiger partial charge is 0.367 e. The van der Waals surface area contributed by atoms with Gasteiger partial charge in [0.25, 0.3) is 0 Å². The monoisotopic (exact) mass is 221 g/mol. The molecule has 15 heavy (non-hydrogen) atoms. The van der Waals surface area contributed by atoms with E-state index in [0.29, 0.717) is 0 Å². The van der Waals surface area contributed by atoms with E-state index < -0.39 is 0 Å². The van der Waals surface area contributed by atoms with Gasteiger partial charge in [0.15, 0.2) is 0 Å². The molecule has 0 aliphatic carbocycles. The van der Waals surface area contributed by atoms with Crippen molar-refractivity contribution >= 4 is 22.3 Å². The Kier molecular flexibility index (Phi) is 3.32. The van der Waals surface area contributed by atoms with Crippen molar-refractivity contribution in [2.24, 2.45) is 0 Å². The van der Waals surface area contributed by atoms with Crippen LogP contribution in [0.15, 0.2) is 30.3 Å². The molecule has 0 amide bonds. The van der Waals surface area contributed by atoms with Crippen LogP contribution in [0.2, 0.25) is 0 Å². The quantitative estimate of drug-likeness (QED) is 0.749. The fourth-order valence-electron chi connectivity index (χ4n) is 1.91. The van der Waals surface area contributed by atoms with Gasteiger partial charge >= 0.3 is 0 Å². The average Bonchev–Trinajstić information content (AvgIpc) is 2.29. The van der Waals surface area contributed by atoms with Crippen molar-refractivity contribution < 1.29 is 0 Å². The minimum Gasteiger partial charge on any atom is -0.367 e. The maximum absolute atomic E-state index is 6.18. The first-order valence-electron chi connectivity index (χ1n) is 5.53. The van der Waals surface area contributed by atoms with Gasteiger partial charge in [-0.05, 0) is 18.6 Å². The van der Waals surface area contributed by atoms with Crippen molar-refractivity contribution in [2.75, 3.05) is 18.0 Å². The molecule has 0 unspecified atom stereocenters. The number of rotatable bonds is 3. The van der Waals surface area contributed by atoms with Crippen LogP contribution < -0.4 is 4.90 Å². The number of fused-ring (bicyclic) bond motifs is 1. The minimum atomic E-state index is 0.887. The lowest BCUT2D eigenvalue weighted by molar-refractivity contribution is 0.743. The number of benzene rings is 1. The summed E-state index contributed by atoms with van der Waals surface area (Å²) in [5, 5.41) is 0.887. The third-order valence-electron chi connectivity index (χ3n) is 2.77. The average molecular weight is 222 g/mol. The lowest BCUT2D eigenvalue weighted by Gasteiger charge is -2.29. The molecule has 0 spiro atoms. The molecule has 1 aromatic carbocycles. The van der Waals surface area contributed by atoms with Gasteiger partial charge in [0.1, 0.15) is 0 Å². The fourth-order valence-corrected chi connectivity index (χ4v) is 2.14. The smallest absolute Gasteiger partial charge is 0.0476 e.